The molecular weight excluding hydrogens is 372 g/mol. The molecule has 0 heterocycles. The Balaban J connectivity index is 1.51. The van der Waals surface area contributed by atoms with Crippen LogP contribution in [0.1, 0.15) is 95.1 Å². The average Bonchev–Trinajstić information content (AvgIpc) is 2.80. The molecule has 168 valence electrons. The molecule has 0 amide bonds. The van der Waals surface area contributed by atoms with Gasteiger partial charge < -0.3 is 0 Å². The fourth-order valence-corrected chi connectivity index (χ4v) is 5.56. The van der Waals surface area contributed by atoms with Crippen LogP contribution in [0.3, 0.4) is 0 Å². The second kappa shape index (κ2) is 13.6. The van der Waals surface area contributed by atoms with Gasteiger partial charge in [-0.25, -0.2) is 0 Å². The SMILES string of the molecule is C/C=C/C(CCCCC)CCCC1CCC1CC(Cc1ccccc1)c1ccccc1. The van der Waals surface area contributed by atoms with E-state index in [1.165, 1.54) is 81.8 Å². The van der Waals surface area contributed by atoms with E-state index in [9.17, 15) is 0 Å². The highest BCUT2D eigenvalue weighted by atomic mass is 14.4. The van der Waals surface area contributed by atoms with Gasteiger partial charge in [0.25, 0.3) is 0 Å². The highest BCUT2D eigenvalue weighted by molar-refractivity contribution is 5.24. The molecule has 2 aromatic rings. The van der Waals surface area contributed by atoms with Crippen molar-refractivity contribution < 1.29 is 0 Å². The molecule has 1 saturated carbocycles. The van der Waals surface area contributed by atoms with Crippen LogP contribution in [0.25, 0.3) is 0 Å². The number of benzene rings is 2. The summed E-state index contributed by atoms with van der Waals surface area (Å²) in [5, 5.41) is 0. The first-order valence-corrected chi connectivity index (χ1v) is 13.0. The van der Waals surface area contributed by atoms with E-state index in [4.69, 9.17) is 0 Å². The summed E-state index contributed by atoms with van der Waals surface area (Å²) in [6.07, 6.45) is 19.9. The molecule has 0 spiro atoms. The average molecular weight is 417 g/mol. The van der Waals surface area contributed by atoms with Crippen molar-refractivity contribution in [2.24, 2.45) is 17.8 Å². The van der Waals surface area contributed by atoms with Crippen LogP contribution in [0, 0.1) is 17.8 Å². The van der Waals surface area contributed by atoms with E-state index in [1.807, 2.05) is 0 Å². The van der Waals surface area contributed by atoms with Crippen molar-refractivity contribution in [3.05, 3.63) is 83.9 Å². The summed E-state index contributed by atoms with van der Waals surface area (Å²) < 4.78 is 0. The van der Waals surface area contributed by atoms with E-state index in [1.54, 1.807) is 0 Å². The van der Waals surface area contributed by atoms with Crippen LogP contribution in [0.4, 0.5) is 0 Å². The lowest BCUT2D eigenvalue weighted by atomic mass is 9.66. The fourth-order valence-electron chi connectivity index (χ4n) is 5.56. The summed E-state index contributed by atoms with van der Waals surface area (Å²) in [6.45, 7) is 4.49. The van der Waals surface area contributed by atoms with Crippen LogP contribution in [0.15, 0.2) is 72.8 Å². The summed E-state index contributed by atoms with van der Waals surface area (Å²) in [5.74, 6) is 3.35. The summed E-state index contributed by atoms with van der Waals surface area (Å²) in [5.41, 5.74) is 3.01. The minimum absolute atomic E-state index is 0.654. The molecule has 1 fully saturated rings. The van der Waals surface area contributed by atoms with Gasteiger partial charge in [-0.1, -0.05) is 112 Å². The predicted molar refractivity (Wildman–Crippen MR) is 136 cm³/mol. The summed E-state index contributed by atoms with van der Waals surface area (Å²) in [7, 11) is 0. The van der Waals surface area contributed by atoms with Gasteiger partial charge >= 0.3 is 0 Å². The van der Waals surface area contributed by atoms with Crippen molar-refractivity contribution in [1.82, 2.24) is 0 Å². The van der Waals surface area contributed by atoms with Crippen molar-refractivity contribution in [3.8, 4) is 0 Å². The smallest absolute Gasteiger partial charge is 0.0119 e. The first-order valence-electron chi connectivity index (χ1n) is 13.0. The van der Waals surface area contributed by atoms with E-state index < -0.39 is 0 Å². The molecule has 1 aliphatic rings. The third-order valence-corrected chi connectivity index (χ3v) is 7.55. The molecule has 0 N–H and O–H groups in total. The van der Waals surface area contributed by atoms with Crippen LogP contribution in [0.2, 0.25) is 0 Å². The second-order valence-corrected chi connectivity index (χ2v) is 9.84. The number of hydrogen-bond acceptors (Lipinski definition) is 0. The highest BCUT2D eigenvalue weighted by Gasteiger charge is 2.32. The number of rotatable bonds is 14. The standard InChI is InChI=1S/C31H44/c1-3-5-8-15-26(14-4-2)18-13-21-29-22-23-30(29)25-31(28-19-11-7-12-20-28)24-27-16-9-6-10-17-27/h4,6-7,9-12,14,16-17,19-20,26,29-31H,3,5,8,13,15,18,21-25H2,1-2H3/b14-4+. The van der Waals surface area contributed by atoms with Gasteiger partial charge in [-0.15, -0.1) is 0 Å². The zero-order chi connectivity index (χ0) is 21.7. The maximum absolute atomic E-state index is 2.47. The van der Waals surface area contributed by atoms with E-state index in [-0.39, 0.29) is 0 Å². The van der Waals surface area contributed by atoms with E-state index in [2.05, 4.69) is 86.7 Å². The van der Waals surface area contributed by atoms with Gasteiger partial charge in [-0.05, 0) is 80.2 Å². The lowest BCUT2D eigenvalue weighted by molar-refractivity contribution is 0.138. The van der Waals surface area contributed by atoms with Crippen LogP contribution in [-0.4, -0.2) is 0 Å². The molecule has 0 radical (unpaired) electrons. The van der Waals surface area contributed by atoms with Gasteiger partial charge in [-0.2, -0.15) is 0 Å². The molecule has 0 nitrogen and oxygen atoms in total. The molecular formula is C31H44. The molecule has 0 bridgehead atoms. The molecule has 0 heteroatoms. The minimum Gasteiger partial charge on any atom is -0.0914 e. The molecule has 0 saturated heterocycles. The van der Waals surface area contributed by atoms with Gasteiger partial charge in [0.2, 0.25) is 0 Å². The largest absolute Gasteiger partial charge is 0.0914 e. The number of allylic oxidation sites excluding steroid dienone is 2. The third kappa shape index (κ3) is 7.99. The van der Waals surface area contributed by atoms with Crippen molar-refractivity contribution in [2.45, 2.75) is 90.4 Å². The maximum Gasteiger partial charge on any atom is -0.0119 e. The topological polar surface area (TPSA) is 0 Å². The monoisotopic (exact) mass is 416 g/mol. The van der Waals surface area contributed by atoms with Crippen molar-refractivity contribution in [3.63, 3.8) is 0 Å². The Hall–Kier alpha value is -1.82. The van der Waals surface area contributed by atoms with Gasteiger partial charge in [-0.3, -0.25) is 0 Å². The molecule has 0 aliphatic heterocycles. The van der Waals surface area contributed by atoms with Crippen molar-refractivity contribution >= 4 is 0 Å². The van der Waals surface area contributed by atoms with Crippen LogP contribution in [0.5, 0.6) is 0 Å². The van der Waals surface area contributed by atoms with E-state index in [0.29, 0.717) is 5.92 Å². The Morgan fingerprint density at radius 3 is 2.16 bits per heavy atom. The first kappa shape index (κ1) is 23.8. The molecule has 3 rings (SSSR count). The van der Waals surface area contributed by atoms with Crippen LogP contribution in [-0.2, 0) is 6.42 Å². The highest BCUT2D eigenvalue weighted by Crippen LogP contribution is 2.44. The summed E-state index contributed by atoms with van der Waals surface area (Å²) in [4.78, 5) is 0. The van der Waals surface area contributed by atoms with E-state index >= 15 is 0 Å². The molecule has 4 atom stereocenters. The van der Waals surface area contributed by atoms with Crippen LogP contribution < -0.4 is 0 Å². The van der Waals surface area contributed by atoms with Gasteiger partial charge in [0.15, 0.2) is 0 Å². The Kier molecular flexibility index (Phi) is 10.4. The third-order valence-electron chi connectivity index (χ3n) is 7.55. The molecule has 31 heavy (non-hydrogen) atoms. The second-order valence-electron chi connectivity index (χ2n) is 9.84. The first-order chi connectivity index (χ1) is 15.3. The predicted octanol–water partition coefficient (Wildman–Crippen LogP) is 9.37. The lowest BCUT2D eigenvalue weighted by Crippen LogP contribution is -2.28. The van der Waals surface area contributed by atoms with Crippen LogP contribution >= 0.6 is 0 Å². The number of hydrogen-bond donors (Lipinski definition) is 0. The lowest BCUT2D eigenvalue weighted by Gasteiger charge is -2.39. The minimum atomic E-state index is 0.654. The Morgan fingerprint density at radius 1 is 0.839 bits per heavy atom. The fraction of sp³-hybridized carbons (Fsp3) is 0.548. The van der Waals surface area contributed by atoms with Gasteiger partial charge in [0, 0.05) is 0 Å². The van der Waals surface area contributed by atoms with Crippen molar-refractivity contribution in [1.29, 1.82) is 0 Å². The zero-order valence-corrected chi connectivity index (χ0v) is 20.0. The Labute approximate surface area is 192 Å². The van der Waals surface area contributed by atoms with Gasteiger partial charge in [0.1, 0.15) is 0 Å². The zero-order valence-electron chi connectivity index (χ0n) is 20.0. The number of unbranched alkanes of at least 4 members (excludes halogenated alkanes) is 2. The van der Waals surface area contributed by atoms with Gasteiger partial charge in [0.05, 0.1) is 0 Å². The quantitative estimate of drug-likeness (QED) is 0.212. The van der Waals surface area contributed by atoms with E-state index in [0.717, 1.165) is 17.8 Å². The summed E-state index contributed by atoms with van der Waals surface area (Å²) in [6, 6.07) is 22.4. The Bertz CT molecular complexity index is 729. The molecule has 2 aromatic carbocycles. The van der Waals surface area contributed by atoms with Crippen molar-refractivity contribution in [2.75, 3.05) is 0 Å². The molecule has 1 aliphatic carbocycles. The summed E-state index contributed by atoms with van der Waals surface area (Å²) >= 11 is 0. The molecule has 4 unspecified atom stereocenters. The maximum atomic E-state index is 2.47. The molecule has 0 aromatic heterocycles. The normalized spacial score (nSPS) is 20.5. The Morgan fingerprint density at radius 2 is 1.52 bits per heavy atom.